The lowest BCUT2D eigenvalue weighted by atomic mass is 10.2. The molecule has 2 heterocycles. The lowest BCUT2D eigenvalue weighted by Crippen LogP contribution is -2.31. The topological polar surface area (TPSA) is 67.6 Å². The van der Waals surface area contributed by atoms with Crippen molar-refractivity contribution in [3.05, 3.63) is 89.9 Å². The van der Waals surface area contributed by atoms with Gasteiger partial charge in [-0.05, 0) is 55.0 Å². The average Bonchev–Trinajstić information content (AvgIpc) is 3.07. The Balaban J connectivity index is 1.89. The van der Waals surface area contributed by atoms with Gasteiger partial charge in [0.2, 0.25) is 0 Å². The van der Waals surface area contributed by atoms with Gasteiger partial charge in [-0.3, -0.25) is 8.71 Å². The molecule has 2 aromatic heterocycles. The Morgan fingerprint density at radius 1 is 0.966 bits per heavy atom. The first-order chi connectivity index (χ1) is 13.9. The predicted molar refractivity (Wildman–Crippen MR) is 104 cm³/mol. The Morgan fingerprint density at radius 3 is 2.41 bits per heavy atom. The quantitative estimate of drug-likeness (QED) is 0.499. The van der Waals surface area contributed by atoms with Crippen molar-refractivity contribution in [2.24, 2.45) is 0 Å². The number of hydrogen-bond acceptors (Lipinski definition) is 4. The molecule has 0 saturated heterocycles. The van der Waals surface area contributed by atoms with Crippen LogP contribution in [0.5, 0.6) is 0 Å². The van der Waals surface area contributed by atoms with Crippen LogP contribution >= 0.6 is 0 Å². The summed E-state index contributed by atoms with van der Waals surface area (Å²) in [6, 6.07) is 13.8. The fourth-order valence-corrected chi connectivity index (χ4v) is 4.64. The number of benzene rings is 2. The van der Waals surface area contributed by atoms with Gasteiger partial charge in [0.25, 0.3) is 10.0 Å². The van der Waals surface area contributed by atoms with E-state index in [0.29, 0.717) is 11.4 Å². The Morgan fingerprint density at radius 2 is 1.69 bits per heavy atom. The molecule has 4 aromatic rings. The van der Waals surface area contributed by atoms with Crippen molar-refractivity contribution >= 4 is 21.4 Å². The van der Waals surface area contributed by atoms with E-state index >= 15 is 0 Å². The van der Waals surface area contributed by atoms with Crippen molar-refractivity contribution in [1.82, 2.24) is 14.6 Å². The zero-order valence-corrected chi connectivity index (χ0v) is 16.1. The van der Waals surface area contributed by atoms with Gasteiger partial charge in [-0.1, -0.05) is 18.2 Å². The second-order valence-electron chi connectivity index (χ2n) is 6.43. The standard InChI is InChI=1S/C20H16F2N4O2S/c1-14-23-24-20-19(9-4-10-25(14)20)29(27,28)26(18-8-3-7-17(22)12-18)13-15-5-2-6-16(21)11-15/h2-12H,13H2,1H3. The van der Waals surface area contributed by atoms with Crippen molar-refractivity contribution < 1.29 is 17.2 Å². The number of rotatable bonds is 5. The number of sulfonamides is 1. The molecule has 29 heavy (non-hydrogen) atoms. The lowest BCUT2D eigenvalue weighted by Gasteiger charge is -2.25. The van der Waals surface area contributed by atoms with E-state index in [1.54, 1.807) is 29.7 Å². The molecular formula is C20H16F2N4O2S. The van der Waals surface area contributed by atoms with Crippen LogP contribution in [0.4, 0.5) is 14.5 Å². The number of nitrogens with zero attached hydrogens (tertiary/aromatic N) is 4. The van der Waals surface area contributed by atoms with Crippen LogP contribution < -0.4 is 4.31 Å². The summed E-state index contributed by atoms with van der Waals surface area (Å²) in [4.78, 5) is -0.0822. The van der Waals surface area contributed by atoms with Crippen molar-refractivity contribution in [3.63, 3.8) is 0 Å². The van der Waals surface area contributed by atoms with E-state index in [4.69, 9.17) is 0 Å². The normalized spacial score (nSPS) is 11.7. The number of hydrogen-bond donors (Lipinski definition) is 0. The molecule has 0 aliphatic rings. The van der Waals surface area contributed by atoms with Gasteiger partial charge in [-0.25, -0.2) is 17.2 Å². The number of aryl methyl sites for hydroxylation is 1. The van der Waals surface area contributed by atoms with Gasteiger partial charge < -0.3 is 0 Å². The first-order valence-electron chi connectivity index (χ1n) is 8.69. The Hall–Kier alpha value is -3.33. The van der Waals surface area contributed by atoms with Crippen LogP contribution in [0.2, 0.25) is 0 Å². The summed E-state index contributed by atoms with van der Waals surface area (Å²) < 4.78 is 57.3. The van der Waals surface area contributed by atoms with Gasteiger partial charge in [0, 0.05) is 6.20 Å². The summed E-state index contributed by atoms with van der Waals surface area (Å²) in [7, 11) is -4.17. The number of fused-ring (bicyclic) bond motifs is 1. The van der Waals surface area contributed by atoms with E-state index in [1.165, 1.54) is 42.5 Å². The maximum absolute atomic E-state index is 13.9. The molecular weight excluding hydrogens is 398 g/mol. The number of halogens is 2. The zero-order chi connectivity index (χ0) is 20.6. The van der Waals surface area contributed by atoms with E-state index in [-0.39, 0.29) is 22.8 Å². The monoisotopic (exact) mass is 414 g/mol. The summed E-state index contributed by atoms with van der Waals surface area (Å²) in [6.45, 7) is 1.52. The zero-order valence-electron chi connectivity index (χ0n) is 15.3. The second-order valence-corrected chi connectivity index (χ2v) is 8.27. The fraction of sp³-hybridized carbons (Fsp3) is 0.100. The van der Waals surface area contributed by atoms with Gasteiger partial charge in [0.15, 0.2) is 5.65 Å². The van der Waals surface area contributed by atoms with Gasteiger partial charge >= 0.3 is 0 Å². The van der Waals surface area contributed by atoms with E-state index in [0.717, 1.165) is 10.4 Å². The maximum atomic E-state index is 13.9. The van der Waals surface area contributed by atoms with Gasteiger partial charge in [0.1, 0.15) is 22.4 Å². The number of aromatic nitrogens is 3. The molecule has 0 aliphatic carbocycles. The molecule has 9 heteroatoms. The molecule has 0 amide bonds. The fourth-order valence-electron chi connectivity index (χ4n) is 3.07. The Kier molecular flexibility index (Phi) is 4.75. The van der Waals surface area contributed by atoms with E-state index in [2.05, 4.69) is 10.2 Å². The molecule has 0 unspecified atom stereocenters. The highest BCUT2D eigenvalue weighted by atomic mass is 32.2. The SMILES string of the molecule is Cc1nnc2c(S(=O)(=O)N(Cc3cccc(F)c3)c3cccc(F)c3)cccn12. The molecule has 0 spiro atoms. The minimum absolute atomic E-state index is 0.0822. The minimum Gasteiger partial charge on any atom is -0.286 e. The molecule has 0 atom stereocenters. The highest BCUT2D eigenvalue weighted by Gasteiger charge is 2.29. The lowest BCUT2D eigenvalue weighted by molar-refractivity contribution is 0.589. The molecule has 0 bridgehead atoms. The number of anilines is 1. The van der Waals surface area contributed by atoms with E-state index < -0.39 is 21.7 Å². The summed E-state index contributed by atoms with van der Waals surface area (Å²) in [5.41, 5.74) is 0.695. The maximum Gasteiger partial charge on any atom is 0.268 e. The summed E-state index contributed by atoms with van der Waals surface area (Å²) in [5, 5.41) is 7.90. The molecule has 6 nitrogen and oxygen atoms in total. The van der Waals surface area contributed by atoms with Crippen LogP contribution in [0.1, 0.15) is 11.4 Å². The highest BCUT2D eigenvalue weighted by Crippen LogP contribution is 2.28. The summed E-state index contributed by atoms with van der Waals surface area (Å²) in [5.74, 6) is -0.549. The Labute approximate surface area is 166 Å². The molecule has 2 aromatic carbocycles. The highest BCUT2D eigenvalue weighted by molar-refractivity contribution is 7.93. The van der Waals surface area contributed by atoms with Crippen LogP contribution in [-0.2, 0) is 16.6 Å². The third-order valence-corrected chi connectivity index (χ3v) is 6.24. The third-order valence-electron chi connectivity index (χ3n) is 4.45. The molecule has 0 aliphatic heterocycles. The molecule has 0 saturated carbocycles. The molecule has 0 fully saturated rings. The van der Waals surface area contributed by atoms with Gasteiger partial charge in [-0.2, -0.15) is 0 Å². The minimum atomic E-state index is -4.17. The van der Waals surface area contributed by atoms with Crippen LogP contribution in [0.15, 0.2) is 71.8 Å². The van der Waals surface area contributed by atoms with Crippen LogP contribution in [0, 0.1) is 18.6 Å². The molecule has 4 rings (SSSR count). The first-order valence-corrected chi connectivity index (χ1v) is 10.1. The predicted octanol–water partition coefficient (Wildman–Crippen LogP) is 3.71. The molecule has 148 valence electrons. The van der Waals surface area contributed by atoms with E-state index in [1.807, 2.05) is 0 Å². The van der Waals surface area contributed by atoms with Gasteiger partial charge in [0.05, 0.1) is 12.2 Å². The van der Waals surface area contributed by atoms with Crippen LogP contribution in [0.25, 0.3) is 5.65 Å². The van der Waals surface area contributed by atoms with Crippen molar-refractivity contribution in [3.8, 4) is 0 Å². The third kappa shape index (κ3) is 3.56. The number of pyridine rings is 1. The van der Waals surface area contributed by atoms with E-state index in [9.17, 15) is 17.2 Å². The average molecular weight is 414 g/mol. The summed E-state index contributed by atoms with van der Waals surface area (Å²) >= 11 is 0. The smallest absolute Gasteiger partial charge is 0.268 e. The van der Waals surface area contributed by atoms with Crippen molar-refractivity contribution in [1.29, 1.82) is 0 Å². The molecule has 0 radical (unpaired) electrons. The van der Waals surface area contributed by atoms with Crippen molar-refractivity contribution in [2.45, 2.75) is 18.4 Å². The first kappa shape index (κ1) is 19.0. The van der Waals surface area contributed by atoms with Gasteiger partial charge in [-0.15, -0.1) is 10.2 Å². The molecule has 0 N–H and O–H groups in total. The second kappa shape index (κ2) is 7.25. The summed E-state index contributed by atoms with van der Waals surface area (Å²) in [6.07, 6.45) is 1.66. The Bertz CT molecular complexity index is 1300. The largest absolute Gasteiger partial charge is 0.286 e. The van der Waals surface area contributed by atoms with Crippen molar-refractivity contribution in [2.75, 3.05) is 4.31 Å². The van der Waals surface area contributed by atoms with Crippen LogP contribution in [0.3, 0.4) is 0 Å². The van der Waals surface area contributed by atoms with Crippen LogP contribution in [-0.4, -0.2) is 23.0 Å².